The second kappa shape index (κ2) is 10.1. The summed E-state index contributed by atoms with van der Waals surface area (Å²) in [6, 6.07) is 4.43. The van der Waals surface area contributed by atoms with E-state index in [2.05, 4.69) is 47.2 Å². The lowest BCUT2D eigenvalue weighted by molar-refractivity contribution is -0.137. The average molecular weight is 467 g/mol. The third kappa shape index (κ3) is 5.76. The van der Waals surface area contributed by atoms with Crippen molar-refractivity contribution >= 4 is 39.5 Å². The predicted octanol–water partition coefficient (Wildman–Crippen LogP) is 4.85. The summed E-state index contributed by atoms with van der Waals surface area (Å²) in [4.78, 5) is 28.2. The van der Waals surface area contributed by atoms with Gasteiger partial charge in [0.25, 0.3) is 0 Å². The fourth-order valence-corrected chi connectivity index (χ4v) is 5.55. The van der Waals surface area contributed by atoms with E-state index < -0.39 is 0 Å². The van der Waals surface area contributed by atoms with Gasteiger partial charge in [-0.1, -0.05) is 35.2 Å². The van der Waals surface area contributed by atoms with E-state index in [9.17, 15) is 9.59 Å². The Balaban J connectivity index is 1.41. The predicted molar refractivity (Wildman–Crippen MR) is 119 cm³/mol. The molecule has 2 fully saturated rings. The molecule has 1 aromatic rings. The zero-order valence-corrected chi connectivity index (χ0v) is 19.3. The lowest BCUT2D eigenvalue weighted by Gasteiger charge is -2.35. The first-order chi connectivity index (χ1) is 13.4. The molecule has 0 unspecified atom stereocenters. The third-order valence-electron chi connectivity index (χ3n) is 5.94. The van der Waals surface area contributed by atoms with Gasteiger partial charge in [0.05, 0.1) is 5.75 Å². The van der Waals surface area contributed by atoms with Crippen LogP contribution in [0.2, 0.25) is 0 Å². The van der Waals surface area contributed by atoms with Gasteiger partial charge in [-0.3, -0.25) is 9.59 Å². The van der Waals surface area contributed by atoms with Gasteiger partial charge >= 0.3 is 0 Å². The second-order valence-corrected chi connectivity index (χ2v) is 10.0. The van der Waals surface area contributed by atoms with Gasteiger partial charge in [-0.2, -0.15) is 0 Å². The van der Waals surface area contributed by atoms with Crippen LogP contribution in [0, 0.1) is 19.8 Å². The molecule has 0 spiro atoms. The maximum Gasteiger partial charge on any atom is 0.230 e. The summed E-state index contributed by atoms with van der Waals surface area (Å²) >= 11 is 5.14. The Morgan fingerprint density at radius 2 is 1.75 bits per heavy atom. The molecule has 1 aliphatic heterocycles. The van der Waals surface area contributed by atoms with E-state index in [4.69, 9.17) is 0 Å². The standard InChI is InChI=1S/C22H31BrN2O2S/c1-15-13-20(16(2)12-19(15)23)28-14-21(26)24-18-8-10-25(11-9-18)22(27)17-6-4-3-5-7-17/h12-13,17-18H,3-11,14H2,1-2H3,(H,24,26). The smallest absolute Gasteiger partial charge is 0.230 e. The molecule has 0 radical (unpaired) electrons. The number of halogens is 1. The van der Waals surface area contributed by atoms with Crippen molar-refractivity contribution in [2.24, 2.45) is 5.92 Å². The van der Waals surface area contributed by atoms with Crippen molar-refractivity contribution in [2.75, 3.05) is 18.8 Å². The van der Waals surface area contributed by atoms with Gasteiger partial charge in [0.2, 0.25) is 11.8 Å². The van der Waals surface area contributed by atoms with E-state index in [-0.39, 0.29) is 17.9 Å². The summed E-state index contributed by atoms with van der Waals surface area (Å²) in [5.41, 5.74) is 2.37. The van der Waals surface area contributed by atoms with E-state index in [0.29, 0.717) is 11.7 Å². The van der Waals surface area contributed by atoms with Gasteiger partial charge in [-0.15, -0.1) is 11.8 Å². The third-order valence-corrected chi connectivity index (χ3v) is 7.95. The molecule has 28 heavy (non-hydrogen) atoms. The van der Waals surface area contributed by atoms with Gasteiger partial charge < -0.3 is 10.2 Å². The van der Waals surface area contributed by atoms with Crippen LogP contribution in [-0.4, -0.2) is 41.6 Å². The van der Waals surface area contributed by atoms with Crippen molar-refractivity contribution in [1.82, 2.24) is 10.2 Å². The highest BCUT2D eigenvalue weighted by molar-refractivity contribution is 9.10. The molecule has 6 heteroatoms. The fraction of sp³-hybridized carbons (Fsp3) is 0.636. The molecule has 0 bridgehead atoms. The normalized spacial score (nSPS) is 18.9. The number of aryl methyl sites for hydroxylation is 2. The molecule has 0 atom stereocenters. The van der Waals surface area contributed by atoms with E-state index in [1.165, 1.54) is 30.4 Å². The summed E-state index contributed by atoms with van der Waals surface area (Å²) in [5, 5.41) is 3.17. The van der Waals surface area contributed by atoms with Crippen LogP contribution in [0.25, 0.3) is 0 Å². The average Bonchev–Trinajstić information content (AvgIpc) is 2.70. The maximum absolute atomic E-state index is 12.7. The van der Waals surface area contributed by atoms with Gasteiger partial charge in [-0.25, -0.2) is 0 Å². The monoisotopic (exact) mass is 466 g/mol. The van der Waals surface area contributed by atoms with Crippen molar-refractivity contribution in [3.8, 4) is 0 Å². The number of carbonyl (C=O) groups is 2. The molecule has 1 N–H and O–H groups in total. The Bertz CT molecular complexity index is 711. The molecule has 1 saturated carbocycles. The number of amides is 2. The van der Waals surface area contributed by atoms with E-state index in [1.807, 2.05) is 4.90 Å². The lowest BCUT2D eigenvalue weighted by Crippen LogP contribution is -2.48. The number of nitrogens with zero attached hydrogens (tertiary/aromatic N) is 1. The van der Waals surface area contributed by atoms with E-state index >= 15 is 0 Å². The highest BCUT2D eigenvalue weighted by atomic mass is 79.9. The van der Waals surface area contributed by atoms with Crippen molar-refractivity contribution in [3.05, 3.63) is 27.7 Å². The molecule has 4 nitrogen and oxygen atoms in total. The number of benzene rings is 1. The molecule has 1 saturated heterocycles. The van der Waals surface area contributed by atoms with Crippen LogP contribution in [0.1, 0.15) is 56.1 Å². The number of hydrogen-bond donors (Lipinski definition) is 1. The molecule has 1 heterocycles. The minimum absolute atomic E-state index is 0.0852. The van der Waals surface area contributed by atoms with Gasteiger partial charge in [0.1, 0.15) is 0 Å². The highest BCUT2D eigenvalue weighted by Crippen LogP contribution is 2.29. The highest BCUT2D eigenvalue weighted by Gasteiger charge is 2.29. The second-order valence-electron chi connectivity index (χ2n) is 8.16. The van der Waals surface area contributed by atoms with Crippen molar-refractivity contribution in [3.63, 3.8) is 0 Å². The minimum atomic E-state index is 0.0852. The molecule has 0 aromatic heterocycles. The quantitative estimate of drug-likeness (QED) is 0.631. The SMILES string of the molecule is Cc1cc(SCC(=O)NC2CCN(C(=O)C3CCCCC3)CC2)c(C)cc1Br. The summed E-state index contributed by atoms with van der Waals surface area (Å²) in [5.74, 6) is 1.11. The summed E-state index contributed by atoms with van der Waals surface area (Å²) < 4.78 is 1.10. The molecular formula is C22H31BrN2O2S. The van der Waals surface area contributed by atoms with Gasteiger partial charge in [0.15, 0.2) is 0 Å². The van der Waals surface area contributed by atoms with Crippen LogP contribution >= 0.6 is 27.7 Å². The zero-order valence-electron chi connectivity index (χ0n) is 16.9. The molecule has 1 aromatic carbocycles. The molecule has 2 amide bonds. The molecule has 154 valence electrons. The first-order valence-corrected chi connectivity index (χ1v) is 12.2. The van der Waals surface area contributed by atoms with Crippen LogP contribution in [0.5, 0.6) is 0 Å². The number of nitrogens with one attached hydrogen (secondary N) is 1. The number of likely N-dealkylation sites (tertiary alicyclic amines) is 1. The lowest BCUT2D eigenvalue weighted by atomic mass is 9.87. The fourth-order valence-electron chi connectivity index (χ4n) is 4.17. The first-order valence-electron chi connectivity index (χ1n) is 10.4. The van der Waals surface area contributed by atoms with Crippen LogP contribution in [-0.2, 0) is 9.59 Å². The Kier molecular flexibility index (Phi) is 7.86. The number of carbonyl (C=O) groups excluding carboxylic acids is 2. The Morgan fingerprint density at radius 1 is 1.07 bits per heavy atom. The number of rotatable bonds is 5. The molecule has 3 rings (SSSR count). The van der Waals surface area contributed by atoms with E-state index in [0.717, 1.165) is 48.1 Å². The number of thioether (sulfide) groups is 1. The van der Waals surface area contributed by atoms with Crippen LogP contribution in [0.15, 0.2) is 21.5 Å². The number of piperidine rings is 1. The molecule has 1 aliphatic carbocycles. The largest absolute Gasteiger partial charge is 0.353 e. The summed E-state index contributed by atoms with van der Waals surface area (Å²) in [7, 11) is 0. The van der Waals surface area contributed by atoms with Crippen LogP contribution < -0.4 is 5.32 Å². The first kappa shape index (κ1) is 21.7. The van der Waals surface area contributed by atoms with Crippen molar-refractivity contribution < 1.29 is 9.59 Å². The Morgan fingerprint density at radius 3 is 2.43 bits per heavy atom. The van der Waals surface area contributed by atoms with Crippen molar-refractivity contribution in [1.29, 1.82) is 0 Å². The van der Waals surface area contributed by atoms with Crippen LogP contribution in [0.4, 0.5) is 0 Å². The zero-order chi connectivity index (χ0) is 20.1. The summed E-state index contributed by atoms with van der Waals surface area (Å²) in [6.07, 6.45) is 7.51. The van der Waals surface area contributed by atoms with E-state index in [1.54, 1.807) is 11.8 Å². The number of hydrogen-bond acceptors (Lipinski definition) is 3. The Labute approximate surface area is 181 Å². The molecular weight excluding hydrogens is 436 g/mol. The van der Waals surface area contributed by atoms with Gasteiger partial charge in [-0.05, 0) is 62.8 Å². The topological polar surface area (TPSA) is 49.4 Å². The molecule has 2 aliphatic rings. The minimum Gasteiger partial charge on any atom is -0.353 e. The van der Waals surface area contributed by atoms with Crippen molar-refractivity contribution in [2.45, 2.75) is 69.7 Å². The van der Waals surface area contributed by atoms with Crippen LogP contribution in [0.3, 0.4) is 0 Å². The summed E-state index contributed by atoms with van der Waals surface area (Å²) in [6.45, 7) is 5.69. The van der Waals surface area contributed by atoms with Gasteiger partial charge in [0, 0.05) is 34.4 Å². The maximum atomic E-state index is 12.7. The Hall–Kier alpha value is -1.01.